The molecule has 0 atom stereocenters. The Balaban J connectivity index is 0. The van der Waals surface area contributed by atoms with Crippen molar-refractivity contribution in [1.29, 1.82) is 0 Å². The van der Waals surface area contributed by atoms with Crippen LogP contribution in [0.2, 0.25) is 0 Å². The molecule has 6 heteroatoms. The Morgan fingerprint density at radius 3 is 1.83 bits per heavy atom. The molecule has 1 N–H and O–H groups in total. The van der Waals surface area contributed by atoms with Crippen LogP contribution in [0.4, 0.5) is 0 Å². The van der Waals surface area contributed by atoms with Crippen LogP contribution in [0.5, 0.6) is 0 Å². The van der Waals surface area contributed by atoms with E-state index in [0.29, 0.717) is 12.0 Å². The highest BCUT2D eigenvalue weighted by molar-refractivity contribution is 7.85. The molecular formula is C12H25NO4S. The highest BCUT2D eigenvalue weighted by Gasteiger charge is 2.04. The van der Waals surface area contributed by atoms with Crippen molar-refractivity contribution in [3.8, 4) is 0 Å². The van der Waals surface area contributed by atoms with E-state index in [2.05, 4.69) is 25.3 Å². The van der Waals surface area contributed by atoms with Crippen molar-refractivity contribution in [3.05, 3.63) is 12.2 Å². The normalized spacial score (nSPS) is 10.8. The number of carbonyl (C=O) groups excluding carboxylic acids is 1. The topological polar surface area (TPSA) is 74.7 Å². The number of carbonyl (C=O) groups is 1. The van der Waals surface area contributed by atoms with E-state index in [1.54, 1.807) is 6.92 Å². The van der Waals surface area contributed by atoms with E-state index in [1.165, 1.54) is 6.92 Å². The Morgan fingerprint density at radius 2 is 1.61 bits per heavy atom. The van der Waals surface area contributed by atoms with E-state index >= 15 is 0 Å². The van der Waals surface area contributed by atoms with Gasteiger partial charge < -0.3 is 4.90 Å². The van der Waals surface area contributed by atoms with Gasteiger partial charge in [0, 0.05) is 13.0 Å². The summed E-state index contributed by atoms with van der Waals surface area (Å²) in [5.41, 5.74) is 0.669. The monoisotopic (exact) mass is 279 g/mol. The molecule has 18 heavy (non-hydrogen) atoms. The van der Waals surface area contributed by atoms with Gasteiger partial charge in [-0.1, -0.05) is 20.4 Å². The lowest BCUT2D eigenvalue weighted by Crippen LogP contribution is -2.25. The molecule has 0 radical (unpaired) electrons. The van der Waals surface area contributed by atoms with Crippen LogP contribution in [0.3, 0.4) is 0 Å². The van der Waals surface area contributed by atoms with E-state index < -0.39 is 10.1 Å². The molecular weight excluding hydrogens is 254 g/mol. The third-order valence-corrected chi connectivity index (χ3v) is 3.12. The third-order valence-electron chi connectivity index (χ3n) is 2.39. The SMILES string of the molecule is C=C(C)C(=O)CCN(CC)CC.CCS(=O)(=O)O. The summed E-state index contributed by atoms with van der Waals surface area (Å²) in [7, 11) is -3.66. The molecule has 0 fully saturated rings. The number of ketones is 1. The van der Waals surface area contributed by atoms with Gasteiger partial charge in [-0.15, -0.1) is 0 Å². The Labute approximate surface area is 111 Å². The second-order valence-electron chi connectivity index (χ2n) is 3.85. The number of hydrogen-bond donors (Lipinski definition) is 1. The summed E-state index contributed by atoms with van der Waals surface area (Å²) in [6.07, 6.45) is 0.608. The van der Waals surface area contributed by atoms with Crippen molar-refractivity contribution in [2.75, 3.05) is 25.4 Å². The molecule has 0 aromatic carbocycles. The maximum absolute atomic E-state index is 11.2. The molecule has 0 aliphatic carbocycles. The van der Waals surface area contributed by atoms with E-state index in [0.717, 1.165) is 19.6 Å². The van der Waals surface area contributed by atoms with Crippen LogP contribution < -0.4 is 0 Å². The summed E-state index contributed by atoms with van der Waals surface area (Å²) in [5, 5.41) is 0. The van der Waals surface area contributed by atoms with Crippen LogP contribution in [0.1, 0.15) is 34.1 Å². The molecule has 0 rings (SSSR count). The molecule has 0 bridgehead atoms. The van der Waals surface area contributed by atoms with E-state index in [-0.39, 0.29) is 11.5 Å². The van der Waals surface area contributed by atoms with Crippen molar-refractivity contribution < 1.29 is 17.8 Å². The van der Waals surface area contributed by atoms with Gasteiger partial charge in [-0.2, -0.15) is 8.42 Å². The van der Waals surface area contributed by atoms with Gasteiger partial charge in [-0.25, -0.2) is 0 Å². The van der Waals surface area contributed by atoms with Gasteiger partial charge >= 0.3 is 0 Å². The number of allylic oxidation sites excluding steroid dienone is 1. The fourth-order valence-corrected chi connectivity index (χ4v) is 1.01. The highest BCUT2D eigenvalue weighted by Crippen LogP contribution is 1.97. The van der Waals surface area contributed by atoms with Gasteiger partial charge in [0.25, 0.3) is 10.1 Å². The minimum atomic E-state index is -3.66. The second-order valence-corrected chi connectivity index (χ2v) is 5.59. The van der Waals surface area contributed by atoms with E-state index in [9.17, 15) is 13.2 Å². The lowest BCUT2D eigenvalue weighted by Gasteiger charge is -2.16. The van der Waals surface area contributed by atoms with Crippen molar-refractivity contribution >= 4 is 15.9 Å². The maximum atomic E-state index is 11.2. The Kier molecular flexibility index (Phi) is 11.1. The van der Waals surface area contributed by atoms with E-state index in [4.69, 9.17) is 4.55 Å². The molecule has 108 valence electrons. The Bertz CT molecular complexity index is 345. The quantitative estimate of drug-likeness (QED) is 0.568. The summed E-state index contributed by atoms with van der Waals surface area (Å²) < 4.78 is 26.9. The molecule has 0 saturated heterocycles. The largest absolute Gasteiger partial charge is 0.303 e. The molecule has 0 spiro atoms. The molecule has 0 aromatic rings. The summed E-state index contributed by atoms with van der Waals surface area (Å²) >= 11 is 0. The van der Waals surface area contributed by atoms with Crippen LogP contribution in [0.25, 0.3) is 0 Å². The van der Waals surface area contributed by atoms with Crippen molar-refractivity contribution in [2.45, 2.75) is 34.1 Å². The molecule has 0 heterocycles. The first kappa shape index (κ1) is 19.6. The third kappa shape index (κ3) is 13.3. The van der Waals surface area contributed by atoms with Gasteiger partial charge in [0.2, 0.25) is 0 Å². The average Bonchev–Trinajstić information content (AvgIpc) is 2.29. The minimum Gasteiger partial charge on any atom is -0.303 e. The zero-order valence-corrected chi connectivity index (χ0v) is 12.6. The van der Waals surface area contributed by atoms with Gasteiger partial charge in [-0.05, 0) is 32.5 Å². The molecule has 0 aliphatic heterocycles. The summed E-state index contributed by atoms with van der Waals surface area (Å²) in [6.45, 7) is 13.9. The molecule has 0 amide bonds. The first-order valence-corrected chi connectivity index (χ1v) is 7.64. The highest BCUT2D eigenvalue weighted by atomic mass is 32.2. The fourth-order valence-electron chi connectivity index (χ4n) is 1.01. The Hall–Kier alpha value is -0.720. The van der Waals surface area contributed by atoms with Crippen molar-refractivity contribution in [3.63, 3.8) is 0 Å². The summed E-state index contributed by atoms with van der Waals surface area (Å²) in [4.78, 5) is 13.4. The van der Waals surface area contributed by atoms with Gasteiger partial charge in [0.05, 0.1) is 5.75 Å². The van der Waals surface area contributed by atoms with Crippen LogP contribution in [0, 0.1) is 0 Å². The smallest absolute Gasteiger partial charge is 0.264 e. The number of nitrogens with zero attached hydrogens (tertiary/aromatic N) is 1. The van der Waals surface area contributed by atoms with Crippen LogP contribution in [-0.2, 0) is 14.9 Å². The molecule has 0 unspecified atom stereocenters. The van der Waals surface area contributed by atoms with Crippen molar-refractivity contribution in [1.82, 2.24) is 4.90 Å². The molecule has 5 nitrogen and oxygen atoms in total. The second kappa shape index (κ2) is 10.2. The lowest BCUT2D eigenvalue weighted by molar-refractivity contribution is -0.115. The van der Waals surface area contributed by atoms with Gasteiger partial charge in [0.15, 0.2) is 5.78 Å². The summed E-state index contributed by atoms with van der Waals surface area (Å²) in [5.74, 6) is -0.0191. The van der Waals surface area contributed by atoms with Crippen LogP contribution >= 0.6 is 0 Å². The van der Waals surface area contributed by atoms with Crippen molar-refractivity contribution in [2.24, 2.45) is 0 Å². The molecule has 0 aromatic heterocycles. The molecule has 0 aliphatic rings. The average molecular weight is 279 g/mol. The van der Waals surface area contributed by atoms with E-state index in [1.807, 2.05) is 0 Å². The van der Waals surface area contributed by atoms with Gasteiger partial charge in [-0.3, -0.25) is 9.35 Å². The predicted octanol–water partition coefficient (Wildman–Crippen LogP) is 1.76. The summed E-state index contributed by atoms with van der Waals surface area (Å²) in [6, 6.07) is 0. The fraction of sp³-hybridized carbons (Fsp3) is 0.750. The zero-order valence-electron chi connectivity index (χ0n) is 11.8. The predicted molar refractivity (Wildman–Crippen MR) is 74.3 cm³/mol. The number of Topliss-reactive ketones (excluding diaryl/α,β-unsaturated/α-hetero) is 1. The minimum absolute atomic E-state index is 0.182. The van der Waals surface area contributed by atoms with Gasteiger partial charge in [0.1, 0.15) is 0 Å². The number of rotatable bonds is 7. The zero-order chi connectivity index (χ0) is 14.8. The van der Waals surface area contributed by atoms with Crippen LogP contribution in [-0.4, -0.2) is 49.0 Å². The Morgan fingerprint density at radius 1 is 1.22 bits per heavy atom. The first-order chi connectivity index (χ1) is 8.17. The first-order valence-electron chi connectivity index (χ1n) is 6.04. The maximum Gasteiger partial charge on any atom is 0.264 e. The lowest BCUT2D eigenvalue weighted by atomic mass is 10.1. The van der Waals surface area contributed by atoms with Crippen LogP contribution in [0.15, 0.2) is 12.2 Å². The number of hydrogen-bond acceptors (Lipinski definition) is 4. The standard InChI is InChI=1S/C10H19NO.C2H6O3S/c1-5-11(6-2)8-7-10(12)9(3)4;1-2-6(3,4)5/h3,5-8H2,1-2,4H3;2H2,1H3,(H,3,4,5). The molecule has 0 saturated carbocycles.